The van der Waals surface area contributed by atoms with Crippen molar-refractivity contribution in [3.63, 3.8) is 0 Å². The number of rotatable bonds is 6. The molecule has 4 nitrogen and oxygen atoms in total. The molecular weight excluding hydrogens is 304 g/mol. The predicted molar refractivity (Wildman–Crippen MR) is 96.1 cm³/mol. The number of hydrogen-bond acceptors (Lipinski definition) is 4. The summed E-state index contributed by atoms with van der Waals surface area (Å²) in [6, 6.07) is 3.23. The number of carbonyl (C=O) groups is 2. The van der Waals surface area contributed by atoms with E-state index in [1.165, 1.54) is 0 Å². The predicted octanol–water partition coefficient (Wildman–Crippen LogP) is 4.71. The van der Waals surface area contributed by atoms with Gasteiger partial charge in [0.15, 0.2) is 0 Å². The molecule has 0 aliphatic rings. The van der Waals surface area contributed by atoms with Crippen LogP contribution in [0.4, 0.5) is 0 Å². The third-order valence-corrected chi connectivity index (χ3v) is 3.21. The zero-order valence-electron chi connectivity index (χ0n) is 15.3. The molecule has 1 rings (SSSR count). The molecule has 0 amide bonds. The van der Waals surface area contributed by atoms with E-state index in [2.05, 4.69) is 0 Å². The second-order valence-electron chi connectivity index (χ2n) is 5.99. The summed E-state index contributed by atoms with van der Waals surface area (Å²) in [5.74, 6) is -0.802. The van der Waals surface area contributed by atoms with Gasteiger partial charge < -0.3 is 9.47 Å². The van der Waals surface area contributed by atoms with E-state index >= 15 is 0 Å². The highest BCUT2D eigenvalue weighted by atomic mass is 16.5. The van der Waals surface area contributed by atoms with Gasteiger partial charge in [-0.3, -0.25) is 0 Å². The molecule has 0 spiro atoms. The number of allylic oxidation sites excluding steroid dienone is 3. The fourth-order valence-electron chi connectivity index (χ4n) is 2.16. The second-order valence-corrected chi connectivity index (χ2v) is 5.99. The van der Waals surface area contributed by atoms with Gasteiger partial charge in [-0.1, -0.05) is 24.3 Å². The molecule has 0 bridgehead atoms. The molecule has 1 aromatic carbocycles. The fraction of sp³-hybridized carbons (Fsp3) is 0.400. The van der Waals surface area contributed by atoms with E-state index in [9.17, 15) is 9.59 Å². The summed E-state index contributed by atoms with van der Waals surface area (Å²) >= 11 is 0. The van der Waals surface area contributed by atoms with Gasteiger partial charge in [0.05, 0.1) is 23.3 Å². The van der Waals surface area contributed by atoms with Gasteiger partial charge in [-0.05, 0) is 64.8 Å². The monoisotopic (exact) mass is 330 g/mol. The van der Waals surface area contributed by atoms with Crippen molar-refractivity contribution in [2.75, 3.05) is 0 Å². The lowest BCUT2D eigenvalue weighted by Crippen LogP contribution is -2.16. The Hall–Kier alpha value is -2.36. The van der Waals surface area contributed by atoms with Crippen molar-refractivity contribution in [1.82, 2.24) is 0 Å². The Bertz CT molecular complexity index is 652. The maximum Gasteiger partial charge on any atom is 0.338 e. The molecule has 0 aliphatic carbocycles. The highest BCUT2D eigenvalue weighted by molar-refractivity contribution is 5.98. The average molecular weight is 330 g/mol. The molecule has 0 aromatic heterocycles. The minimum absolute atomic E-state index is 0.204. The average Bonchev–Trinajstić information content (AvgIpc) is 2.47. The van der Waals surface area contributed by atoms with E-state index in [0.717, 1.165) is 0 Å². The Morgan fingerprint density at radius 3 is 1.92 bits per heavy atom. The first-order chi connectivity index (χ1) is 11.3. The van der Waals surface area contributed by atoms with E-state index in [1.807, 2.05) is 25.2 Å². The Labute approximate surface area is 144 Å². The molecule has 0 unspecified atom stereocenters. The molecule has 1 aromatic rings. The van der Waals surface area contributed by atoms with Crippen LogP contribution in [-0.2, 0) is 9.47 Å². The van der Waals surface area contributed by atoms with Crippen LogP contribution in [0.5, 0.6) is 0 Å². The van der Waals surface area contributed by atoms with Gasteiger partial charge in [0, 0.05) is 0 Å². The summed E-state index contributed by atoms with van der Waals surface area (Å²) in [5.41, 5.74) is 2.24. The SMILES string of the molecule is C/C=C\C=C/c1c(C(=O)OC(C)C)ccc(C(=O)OC(C)C)c1C. The van der Waals surface area contributed by atoms with Crippen LogP contribution in [0.3, 0.4) is 0 Å². The maximum atomic E-state index is 12.3. The minimum Gasteiger partial charge on any atom is -0.459 e. The van der Waals surface area contributed by atoms with Gasteiger partial charge >= 0.3 is 11.9 Å². The molecule has 0 saturated carbocycles. The van der Waals surface area contributed by atoms with Gasteiger partial charge in [-0.25, -0.2) is 9.59 Å². The normalized spacial score (nSPS) is 11.7. The molecule has 24 heavy (non-hydrogen) atoms. The molecule has 130 valence electrons. The lowest BCUT2D eigenvalue weighted by molar-refractivity contribution is 0.0360. The highest BCUT2D eigenvalue weighted by Gasteiger charge is 2.20. The summed E-state index contributed by atoms with van der Waals surface area (Å²) in [4.78, 5) is 24.6. The van der Waals surface area contributed by atoms with Gasteiger partial charge in [-0.15, -0.1) is 0 Å². The highest BCUT2D eigenvalue weighted by Crippen LogP contribution is 2.23. The zero-order chi connectivity index (χ0) is 18.3. The van der Waals surface area contributed by atoms with Gasteiger partial charge in [0.2, 0.25) is 0 Å². The number of hydrogen-bond donors (Lipinski definition) is 0. The quantitative estimate of drug-likeness (QED) is 0.559. The van der Waals surface area contributed by atoms with E-state index in [1.54, 1.807) is 52.8 Å². The lowest BCUT2D eigenvalue weighted by Gasteiger charge is -2.15. The van der Waals surface area contributed by atoms with Crippen LogP contribution in [-0.4, -0.2) is 24.1 Å². The van der Waals surface area contributed by atoms with Crippen LogP contribution < -0.4 is 0 Å². The standard InChI is InChI=1S/C20H26O4/c1-7-8-9-10-16-15(6)17(19(21)23-13(2)3)11-12-18(16)20(22)24-14(4)5/h7-14H,1-6H3/b8-7-,10-9-. The molecule has 0 aliphatic heterocycles. The number of ether oxygens (including phenoxy) is 2. The Morgan fingerprint density at radius 2 is 1.42 bits per heavy atom. The zero-order valence-corrected chi connectivity index (χ0v) is 15.3. The Kier molecular flexibility index (Phi) is 7.43. The first-order valence-electron chi connectivity index (χ1n) is 8.12. The van der Waals surface area contributed by atoms with E-state index in [0.29, 0.717) is 22.3 Å². The minimum atomic E-state index is -0.406. The van der Waals surface area contributed by atoms with Crippen LogP contribution in [0.2, 0.25) is 0 Å². The van der Waals surface area contributed by atoms with Crippen LogP contribution in [0.1, 0.15) is 66.5 Å². The van der Waals surface area contributed by atoms with Crippen LogP contribution >= 0.6 is 0 Å². The summed E-state index contributed by atoms with van der Waals surface area (Å²) < 4.78 is 10.6. The van der Waals surface area contributed by atoms with Crippen molar-refractivity contribution in [1.29, 1.82) is 0 Å². The topological polar surface area (TPSA) is 52.6 Å². The molecule has 0 saturated heterocycles. The van der Waals surface area contributed by atoms with Crippen molar-refractivity contribution in [2.24, 2.45) is 0 Å². The van der Waals surface area contributed by atoms with Crippen LogP contribution in [0.15, 0.2) is 30.4 Å². The van der Waals surface area contributed by atoms with Crippen molar-refractivity contribution >= 4 is 18.0 Å². The molecule has 0 heterocycles. The lowest BCUT2D eigenvalue weighted by atomic mass is 9.96. The smallest absolute Gasteiger partial charge is 0.338 e. The van der Waals surface area contributed by atoms with Gasteiger partial charge in [0.25, 0.3) is 0 Å². The second kappa shape index (κ2) is 9.06. The van der Waals surface area contributed by atoms with E-state index in [-0.39, 0.29) is 12.2 Å². The third kappa shape index (κ3) is 5.37. The maximum absolute atomic E-state index is 12.3. The van der Waals surface area contributed by atoms with E-state index < -0.39 is 11.9 Å². The van der Waals surface area contributed by atoms with Crippen molar-refractivity contribution in [3.05, 3.63) is 52.6 Å². The third-order valence-electron chi connectivity index (χ3n) is 3.21. The molecule has 0 radical (unpaired) electrons. The van der Waals surface area contributed by atoms with Gasteiger partial charge in [0.1, 0.15) is 0 Å². The number of carbonyl (C=O) groups excluding carboxylic acids is 2. The summed E-state index contributed by atoms with van der Waals surface area (Å²) in [6.45, 7) is 10.9. The largest absolute Gasteiger partial charge is 0.459 e. The summed E-state index contributed by atoms with van der Waals surface area (Å²) in [5, 5.41) is 0. The van der Waals surface area contributed by atoms with Crippen LogP contribution in [0, 0.1) is 6.92 Å². The first kappa shape index (κ1) is 19.7. The number of esters is 2. The van der Waals surface area contributed by atoms with Crippen LogP contribution in [0.25, 0.3) is 6.08 Å². The van der Waals surface area contributed by atoms with Crippen molar-refractivity contribution in [2.45, 2.75) is 53.8 Å². The van der Waals surface area contributed by atoms with Crippen molar-refractivity contribution in [3.8, 4) is 0 Å². The van der Waals surface area contributed by atoms with Gasteiger partial charge in [-0.2, -0.15) is 0 Å². The molecule has 4 heteroatoms. The first-order valence-corrected chi connectivity index (χ1v) is 8.12. The molecular formula is C20H26O4. The molecule has 0 N–H and O–H groups in total. The summed E-state index contributed by atoms with van der Waals surface area (Å²) in [6.07, 6.45) is 6.95. The molecule has 0 fully saturated rings. The fourth-order valence-corrected chi connectivity index (χ4v) is 2.16. The Balaban J connectivity index is 3.38. The number of benzene rings is 1. The summed E-state index contributed by atoms with van der Waals surface area (Å²) in [7, 11) is 0. The molecule has 0 atom stereocenters. The van der Waals surface area contributed by atoms with E-state index in [4.69, 9.17) is 9.47 Å². The Morgan fingerprint density at radius 1 is 0.917 bits per heavy atom. The van der Waals surface area contributed by atoms with Crippen molar-refractivity contribution < 1.29 is 19.1 Å².